The van der Waals surface area contributed by atoms with E-state index in [1.165, 1.54) is 11.1 Å². The Morgan fingerprint density at radius 3 is 2.64 bits per heavy atom. The minimum Gasteiger partial charge on any atom is -0.494 e. The van der Waals surface area contributed by atoms with Crippen molar-refractivity contribution < 1.29 is 9.53 Å². The molecule has 0 aliphatic heterocycles. The number of fused-ring (bicyclic) bond motifs is 1. The third-order valence-corrected chi connectivity index (χ3v) is 5.72. The molecule has 33 heavy (non-hydrogen) atoms. The van der Waals surface area contributed by atoms with E-state index in [1.54, 1.807) is 0 Å². The van der Waals surface area contributed by atoms with Gasteiger partial charge in [-0.25, -0.2) is 4.98 Å². The Hall–Kier alpha value is -3.60. The number of aryl methyl sites for hydroxylation is 3. The Morgan fingerprint density at radius 1 is 1.03 bits per heavy atom. The van der Waals surface area contributed by atoms with E-state index in [0.717, 1.165) is 42.0 Å². The third kappa shape index (κ3) is 6.01. The van der Waals surface area contributed by atoms with Crippen LogP contribution in [0.5, 0.6) is 5.75 Å². The molecule has 1 atom stereocenters. The maximum absolute atomic E-state index is 12.6. The molecule has 1 N–H and O–H groups in total. The van der Waals surface area contributed by atoms with E-state index in [0.29, 0.717) is 13.0 Å². The van der Waals surface area contributed by atoms with Gasteiger partial charge in [-0.05, 0) is 62.1 Å². The van der Waals surface area contributed by atoms with Crippen molar-refractivity contribution in [1.29, 1.82) is 0 Å². The van der Waals surface area contributed by atoms with Gasteiger partial charge in [0, 0.05) is 13.0 Å². The molecule has 0 fully saturated rings. The smallest absolute Gasteiger partial charge is 0.220 e. The predicted octanol–water partition coefficient (Wildman–Crippen LogP) is 5.62. The lowest BCUT2D eigenvalue weighted by atomic mass is 10.1. The summed E-state index contributed by atoms with van der Waals surface area (Å²) in [6.07, 6.45) is 2.03. The highest BCUT2D eigenvalue weighted by atomic mass is 16.5. The molecule has 0 saturated heterocycles. The number of rotatable bonds is 10. The molecule has 0 aliphatic rings. The fraction of sp³-hybridized carbons (Fsp3) is 0.286. The first-order valence-electron chi connectivity index (χ1n) is 11.6. The van der Waals surface area contributed by atoms with Crippen molar-refractivity contribution in [2.45, 2.75) is 45.7 Å². The first-order chi connectivity index (χ1) is 16.1. The third-order valence-electron chi connectivity index (χ3n) is 5.72. The van der Waals surface area contributed by atoms with Crippen molar-refractivity contribution >= 4 is 16.9 Å². The van der Waals surface area contributed by atoms with E-state index in [9.17, 15) is 4.79 Å². The summed E-state index contributed by atoms with van der Waals surface area (Å²) >= 11 is 0. The van der Waals surface area contributed by atoms with Crippen LogP contribution in [-0.4, -0.2) is 22.1 Å². The molecule has 3 aromatic carbocycles. The minimum atomic E-state index is -0.182. The second-order valence-electron chi connectivity index (χ2n) is 8.40. The van der Waals surface area contributed by atoms with E-state index < -0.39 is 0 Å². The molecular weight excluding hydrogens is 410 g/mol. The lowest BCUT2D eigenvalue weighted by molar-refractivity contribution is -0.121. The van der Waals surface area contributed by atoms with Crippen molar-refractivity contribution in [2.75, 3.05) is 6.61 Å². The summed E-state index contributed by atoms with van der Waals surface area (Å²) in [5.41, 5.74) is 4.37. The van der Waals surface area contributed by atoms with E-state index in [-0.39, 0.29) is 11.9 Å². The molecule has 5 nitrogen and oxygen atoms in total. The summed E-state index contributed by atoms with van der Waals surface area (Å²) in [6, 6.07) is 26.1. The van der Waals surface area contributed by atoms with Crippen LogP contribution in [0.4, 0.5) is 0 Å². The zero-order valence-electron chi connectivity index (χ0n) is 19.3. The topological polar surface area (TPSA) is 56.1 Å². The number of benzene rings is 3. The summed E-state index contributed by atoms with van der Waals surface area (Å²) in [5, 5.41) is 3.14. The standard InChI is InChI=1S/C28H31N3O2/c1-21-10-8-13-24(20-21)33-19-9-18-31-26-15-7-6-14-25(26)30-28(31)22(2)29-27(32)17-16-23-11-4-3-5-12-23/h3-8,10-15,20,22H,9,16-19H2,1-2H3,(H,29,32). The van der Waals surface area contributed by atoms with Gasteiger partial charge in [-0.15, -0.1) is 0 Å². The second kappa shape index (κ2) is 10.8. The van der Waals surface area contributed by atoms with E-state index in [2.05, 4.69) is 41.1 Å². The molecule has 1 amide bonds. The summed E-state index contributed by atoms with van der Waals surface area (Å²) in [7, 11) is 0. The van der Waals surface area contributed by atoms with Gasteiger partial charge in [0.15, 0.2) is 0 Å². The number of hydrogen-bond acceptors (Lipinski definition) is 3. The fourth-order valence-corrected chi connectivity index (χ4v) is 4.06. The number of para-hydroxylation sites is 2. The van der Waals surface area contributed by atoms with Crippen LogP contribution in [0, 0.1) is 6.92 Å². The molecule has 0 spiro atoms. The second-order valence-corrected chi connectivity index (χ2v) is 8.40. The van der Waals surface area contributed by atoms with Gasteiger partial charge in [0.1, 0.15) is 11.6 Å². The molecular formula is C28H31N3O2. The van der Waals surface area contributed by atoms with Gasteiger partial charge in [0.2, 0.25) is 5.91 Å². The lowest BCUT2D eigenvalue weighted by Gasteiger charge is -2.17. The van der Waals surface area contributed by atoms with Crippen LogP contribution in [0.15, 0.2) is 78.9 Å². The molecule has 5 heteroatoms. The summed E-state index contributed by atoms with van der Waals surface area (Å²) < 4.78 is 8.14. The number of amides is 1. The molecule has 0 aliphatic carbocycles. The highest BCUT2D eigenvalue weighted by Gasteiger charge is 2.18. The zero-order chi connectivity index (χ0) is 23.0. The van der Waals surface area contributed by atoms with Crippen LogP contribution < -0.4 is 10.1 Å². The maximum Gasteiger partial charge on any atom is 0.220 e. The van der Waals surface area contributed by atoms with Gasteiger partial charge in [-0.2, -0.15) is 0 Å². The summed E-state index contributed by atoms with van der Waals surface area (Å²) in [4.78, 5) is 17.4. The number of aromatic nitrogens is 2. The Balaban J connectivity index is 1.39. The van der Waals surface area contributed by atoms with E-state index in [1.807, 2.05) is 61.5 Å². The molecule has 1 heterocycles. The average molecular weight is 442 g/mol. The predicted molar refractivity (Wildman–Crippen MR) is 132 cm³/mol. The normalized spacial score (nSPS) is 11.9. The molecule has 0 saturated carbocycles. The molecule has 4 aromatic rings. The lowest BCUT2D eigenvalue weighted by Crippen LogP contribution is -2.29. The molecule has 1 unspecified atom stereocenters. The number of nitrogens with one attached hydrogen (secondary N) is 1. The van der Waals surface area contributed by atoms with Gasteiger partial charge in [0.25, 0.3) is 0 Å². The van der Waals surface area contributed by atoms with Crippen LogP contribution in [-0.2, 0) is 17.8 Å². The summed E-state index contributed by atoms with van der Waals surface area (Å²) in [6.45, 7) is 5.45. The zero-order valence-corrected chi connectivity index (χ0v) is 19.3. The van der Waals surface area contributed by atoms with Crippen molar-refractivity contribution in [3.63, 3.8) is 0 Å². The number of imidazole rings is 1. The van der Waals surface area contributed by atoms with Crippen LogP contribution in [0.1, 0.15) is 42.8 Å². The molecule has 0 radical (unpaired) electrons. The quantitative estimate of drug-likeness (QED) is 0.325. The first-order valence-corrected chi connectivity index (χ1v) is 11.6. The SMILES string of the molecule is Cc1cccc(OCCCn2c(C(C)NC(=O)CCc3ccccc3)nc3ccccc32)c1. The van der Waals surface area contributed by atoms with Crippen LogP contribution in [0.25, 0.3) is 11.0 Å². The number of ether oxygens (including phenoxy) is 1. The van der Waals surface area contributed by atoms with Gasteiger partial charge in [-0.1, -0.05) is 54.6 Å². The molecule has 1 aromatic heterocycles. The number of carbonyl (C=O) groups excluding carboxylic acids is 1. The van der Waals surface area contributed by atoms with Crippen molar-refractivity contribution in [3.8, 4) is 5.75 Å². The Kier molecular flexibility index (Phi) is 7.40. The van der Waals surface area contributed by atoms with Crippen molar-refractivity contribution in [2.24, 2.45) is 0 Å². The Morgan fingerprint density at radius 2 is 1.82 bits per heavy atom. The average Bonchev–Trinajstić information content (AvgIpc) is 3.20. The Bertz CT molecular complexity index is 1200. The monoisotopic (exact) mass is 441 g/mol. The first kappa shape index (κ1) is 22.6. The van der Waals surface area contributed by atoms with Crippen LogP contribution in [0.3, 0.4) is 0 Å². The van der Waals surface area contributed by atoms with Crippen LogP contribution in [0.2, 0.25) is 0 Å². The van der Waals surface area contributed by atoms with Crippen molar-refractivity contribution in [1.82, 2.24) is 14.9 Å². The van der Waals surface area contributed by atoms with Gasteiger partial charge < -0.3 is 14.6 Å². The minimum absolute atomic E-state index is 0.0349. The maximum atomic E-state index is 12.6. The Labute approximate surface area is 195 Å². The largest absolute Gasteiger partial charge is 0.494 e. The number of carbonyl (C=O) groups is 1. The van der Waals surface area contributed by atoms with Gasteiger partial charge >= 0.3 is 0 Å². The highest BCUT2D eigenvalue weighted by molar-refractivity contribution is 5.78. The van der Waals surface area contributed by atoms with Crippen molar-refractivity contribution in [3.05, 3.63) is 95.8 Å². The number of hydrogen-bond donors (Lipinski definition) is 1. The van der Waals surface area contributed by atoms with Gasteiger partial charge in [0.05, 0.1) is 23.7 Å². The molecule has 170 valence electrons. The summed E-state index contributed by atoms with van der Waals surface area (Å²) in [5.74, 6) is 1.80. The fourth-order valence-electron chi connectivity index (χ4n) is 4.06. The molecule has 0 bridgehead atoms. The highest BCUT2D eigenvalue weighted by Crippen LogP contribution is 2.22. The van der Waals surface area contributed by atoms with Crippen LogP contribution >= 0.6 is 0 Å². The van der Waals surface area contributed by atoms with E-state index in [4.69, 9.17) is 9.72 Å². The van der Waals surface area contributed by atoms with Gasteiger partial charge in [-0.3, -0.25) is 4.79 Å². The van der Waals surface area contributed by atoms with E-state index >= 15 is 0 Å². The molecule has 4 rings (SSSR count). The number of nitrogens with zero attached hydrogens (tertiary/aromatic N) is 2.